The Kier molecular flexibility index (Phi) is 6.53. The Labute approximate surface area is 165 Å². The molecule has 3 aromatic carbocycles. The minimum Gasteiger partial charge on any atom is -0.426 e. The highest BCUT2D eigenvalue weighted by Gasteiger charge is 2.28. The van der Waals surface area contributed by atoms with Crippen LogP contribution in [-0.4, -0.2) is 11.3 Å². The molecule has 0 saturated carbocycles. The van der Waals surface area contributed by atoms with Gasteiger partial charge in [-0.2, -0.15) is 0 Å². The van der Waals surface area contributed by atoms with Crippen LogP contribution in [0.4, 0.5) is 0 Å². The van der Waals surface area contributed by atoms with Crippen LogP contribution < -0.4 is 4.74 Å². The van der Waals surface area contributed by atoms with E-state index in [1.54, 1.807) is 0 Å². The maximum atomic E-state index is 12.0. The minimum absolute atomic E-state index is 0.169. The second-order valence-electron chi connectivity index (χ2n) is 5.88. The first-order valence-electron chi connectivity index (χ1n) is 8.41. The molecule has 0 radical (unpaired) electrons. The van der Waals surface area contributed by atoms with Gasteiger partial charge < -0.3 is 4.74 Å². The number of esters is 1. The molecule has 0 spiro atoms. The van der Waals surface area contributed by atoms with E-state index in [1.807, 2.05) is 43.3 Å². The van der Waals surface area contributed by atoms with E-state index in [0.29, 0.717) is 11.1 Å². The summed E-state index contributed by atoms with van der Waals surface area (Å²) in [6.07, 6.45) is 0. The van der Waals surface area contributed by atoms with E-state index in [2.05, 4.69) is 64.5 Å². The van der Waals surface area contributed by atoms with Gasteiger partial charge in [-0.1, -0.05) is 59.3 Å². The summed E-state index contributed by atoms with van der Waals surface area (Å²) in [5.74, 6) is 0.189. The molecule has 1 unspecified atom stereocenters. The zero-order valence-corrected chi connectivity index (χ0v) is 16.9. The quantitative estimate of drug-likeness (QED) is 0.217. The first kappa shape index (κ1) is 18.7. The topological polar surface area (TPSA) is 26.3 Å². The molecule has 2 nitrogen and oxygen atoms in total. The molecule has 0 fully saturated rings. The largest absolute Gasteiger partial charge is 0.426 e. The molecule has 0 N–H and O–H groups in total. The number of alkyl halides is 1. The number of carbonyl (C=O) groups is 1. The lowest BCUT2D eigenvalue weighted by molar-refractivity contribution is -0.137. The summed E-state index contributed by atoms with van der Waals surface area (Å²) < 4.78 is 5.45. The molecule has 26 heavy (non-hydrogen) atoms. The van der Waals surface area contributed by atoms with Crippen molar-refractivity contribution in [3.05, 3.63) is 84.9 Å². The Morgan fingerprint density at radius 1 is 0.846 bits per heavy atom. The molecular weight excluding hydrogens is 408 g/mol. The molecular formula is C22H20BrO2S+. The van der Waals surface area contributed by atoms with Gasteiger partial charge in [0, 0.05) is 5.33 Å². The van der Waals surface area contributed by atoms with Gasteiger partial charge >= 0.3 is 5.97 Å². The van der Waals surface area contributed by atoms with Crippen LogP contribution in [-0.2, 0) is 15.7 Å². The van der Waals surface area contributed by atoms with Gasteiger partial charge in [0.05, 0.1) is 16.8 Å². The van der Waals surface area contributed by atoms with Gasteiger partial charge in [0.2, 0.25) is 0 Å². The fourth-order valence-electron chi connectivity index (χ4n) is 2.44. The van der Waals surface area contributed by atoms with Gasteiger partial charge in [-0.05, 0) is 48.5 Å². The molecule has 0 aliphatic rings. The molecule has 0 heterocycles. The summed E-state index contributed by atoms with van der Waals surface area (Å²) in [7, 11) is -0.194. The van der Waals surface area contributed by atoms with Crippen LogP contribution in [0.25, 0.3) is 0 Å². The molecule has 0 saturated heterocycles. The summed E-state index contributed by atoms with van der Waals surface area (Å²) in [6.45, 7) is 1.84. The molecule has 1 atom stereocenters. The van der Waals surface area contributed by atoms with E-state index in [1.165, 1.54) is 14.7 Å². The van der Waals surface area contributed by atoms with Crippen molar-refractivity contribution in [2.24, 2.45) is 5.92 Å². The third-order valence-electron chi connectivity index (χ3n) is 3.87. The minimum atomic E-state index is -0.222. The van der Waals surface area contributed by atoms with Crippen LogP contribution >= 0.6 is 15.9 Å². The lowest BCUT2D eigenvalue weighted by Gasteiger charge is -2.10. The van der Waals surface area contributed by atoms with Gasteiger partial charge in [-0.3, -0.25) is 4.79 Å². The Hall–Kier alpha value is -2.04. The summed E-state index contributed by atoms with van der Waals surface area (Å²) >= 11 is 3.31. The van der Waals surface area contributed by atoms with Crippen LogP contribution in [0.2, 0.25) is 0 Å². The van der Waals surface area contributed by atoms with Crippen LogP contribution in [0, 0.1) is 5.92 Å². The fraction of sp³-hybridized carbons (Fsp3) is 0.136. The fourth-order valence-corrected chi connectivity index (χ4v) is 4.79. The third-order valence-corrected chi connectivity index (χ3v) is 7.07. The number of carbonyl (C=O) groups excluding carboxylic acids is 1. The average molecular weight is 428 g/mol. The van der Waals surface area contributed by atoms with E-state index < -0.39 is 0 Å². The molecule has 132 valence electrons. The van der Waals surface area contributed by atoms with Crippen LogP contribution in [0.1, 0.15) is 6.92 Å². The van der Waals surface area contributed by atoms with Crippen LogP contribution in [0.5, 0.6) is 5.75 Å². The van der Waals surface area contributed by atoms with Gasteiger partial charge in [0.1, 0.15) is 5.75 Å². The van der Waals surface area contributed by atoms with Crippen LogP contribution in [0.3, 0.4) is 0 Å². The monoisotopic (exact) mass is 427 g/mol. The predicted octanol–water partition coefficient (Wildman–Crippen LogP) is 5.72. The first-order valence-corrected chi connectivity index (χ1v) is 10.8. The average Bonchev–Trinajstić information content (AvgIpc) is 2.70. The number of benzene rings is 3. The highest BCUT2D eigenvalue weighted by Crippen LogP contribution is 2.31. The lowest BCUT2D eigenvalue weighted by atomic mass is 10.2. The highest BCUT2D eigenvalue weighted by atomic mass is 79.9. The Bertz CT molecular complexity index is 796. The van der Waals surface area contributed by atoms with Crippen molar-refractivity contribution in [3.8, 4) is 5.75 Å². The summed E-state index contributed by atoms with van der Waals surface area (Å²) in [6, 6.07) is 28.8. The maximum absolute atomic E-state index is 12.0. The molecule has 0 aromatic heterocycles. The molecule has 3 rings (SSSR count). The van der Waals surface area contributed by atoms with Crippen molar-refractivity contribution in [1.82, 2.24) is 0 Å². The van der Waals surface area contributed by atoms with Crippen molar-refractivity contribution < 1.29 is 9.53 Å². The second kappa shape index (κ2) is 9.06. The van der Waals surface area contributed by atoms with E-state index in [9.17, 15) is 4.79 Å². The second-order valence-corrected chi connectivity index (χ2v) is 8.55. The summed E-state index contributed by atoms with van der Waals surface area (Å²) in [5, 5.41) is 0.593. The van der Waals surface area contributed by atoms with Gasteiger partial charge in [0.25, 0.3) is 0 Å². The van der Waals surface area contributed by atoms with Crippen molar-refractivity contribution >= 4 is 32.8 Å². The molecule has 4 heteroatoms. The summed E-state index contributed by atoms with van der Waals surface area (Å²) in [4.78, 5) is 15.7. The van der Waals surface area contributed by atoms with Crippen LogP contribution in [0.15, 0.2) is 99.6 Å². The smallest absolute Gasteiger partial charge is 0.314 e. The van der Waals surface area contributed by atoms with E-state index in [0.717, 1.165) is 0 Å². The van der Waals surface area contributed by atoms with Crippen molar-refractivity contribution in [2.75, 3.05) is 5.33 Å². The van der Waals surface area contributed by atoms with Gasteiger partial charge in [-0.15, -0.1) is 0 Å². The Balaban J connectivity index is 1.89. The Morgan fingerprint density at radius 3 is 1.77 bits per heavy atom. The lowest BCUT2D eigenvalue weighted by Crippen LogP contribution is -2.18. The van der Waals surface area contributed by atoms with E-state index in [-0.39, 0.29) is 22.8 Å². The molecule has 0 bridgehead atoms. The van der Waals surface area contributed by atoms with Crippen molar-refractivity contribution in [1.29, 1.82) is 0 Å². The number of rotatable bonds is 6. The van der Waals surface area contributed by atoms with Gasteiger partial charge in [-0.25, -0.2) is 0 Å². The zero-order chi connectivity index (χ0) is 18.4. The van der Waals surface area contributed by atoms with Gasteiger partial charge in [0.15, 0.2) is 14.7 Å². The summed E-state index contributed by atoms with van der Waals surface area (Å²) in [5.41, 5.74) is 0. The van der Waals surface area contributed by atoms with E-state index >= 15 is 0 Å². The SMILES string of the molecule is CC(CBr)C(=O)Oc1ccc([S+](c2ccccc2)c2ccccc2)cc1. The standard InChI is InChI=1S/C22H20BrO2S/c1-17(16-23)22(24)25-18-12-14-21(15-13-18)26(19-8-4-2-5-9-19)20-10-6-3-7-11-20/h2-15,17H,16H2,1H3/q+1. The molecule has 0 aliphatic heterocycles. The van der Waals surface area contributed by atoms with Crippen molar-refractivity contribution in [3.63, 3.8) is 0 Å². The van der Waals surface area contributed by atoms with E-state index in [4.69, 9.17) is 4.74 Å². The highest BCUT2D eigenvalue weighted by molar-refractivity contribution is 9.09. The number of halogens is 1. The van der Waals surface area contributed by atoms with Crippen molar-refractivity contribution in [2.45, 2.75) is 21.6 Å². The number of hydrogen-bond acceptors (Lipinski definition) is 2. The zero-order valence-electron chi connectivity index (χ0n) is 14.5. The first-order chi connectivity index (χ1) is 12.7. The molecule has 0 amide bonds. The number of ether oxygens (including phenoxy) is 1. The number of hydrogen-bond donors (Lipinski definition) is 0. The normalized spacial score (nSPS) is 12.0. The maximum Gasteiger partial charge on any atom is 0.314 e. The predicted molar refractivity (Wildman–Crippen MR) is 110 cm³/mol. The third kappa shape index (κ3) is 4.57. The Morgan fingerprint density at radius 2 is 1.31 bits per heavy atom. The molecule has 3 aromatic rings. The molecule has 0 aliphatic carbocycles.